The highest BCUT2D eigenvalue weighted by atomic mass is 35.5. The predicted octanol–water partition coefficient (Wildman–Crippen LogP) is 3.55. The van der Waals surface area contributed by atoms with E-state index >= 15 is 0 Å². The molecular formula is C17H25ClN2. The summed E-state index contributed by atoms with van der Waals surface area (Å²) in [5, 5.41) is 4.68. The van der Waals surface area contributed by atoms with Gasteiger partial charge in [0.15, 0.2) is 0 Å². The molecule has 1 aromatic carbocycles. The average molecular weight is 293 g/mol. The molecule has 1 N–H and O–H groups in total. The second kappa shape index (κ2) is 6.46. The molecule has 3 rings (SSSR count). The summed E-state index contributed by atoms with van der Waals surface area (Å²) in [5.41, 5.74) is 1.22. The molecule has 2 nitrogen and oxygen atoms in total. The zero-order valence-electron chi connectivity index (χ0n) is 12.3. The zero-order valence-corrected chi connectivity index (χ0v) is 13.1. The molecule has 20 heavy (non-hydrogen) atoms. The van der Waals surface area contributed by atoms with Gasteiger partial charge in [-0.05, 0) is 56.2 Å². The molecule has 0 atom stereocenters. The predicted molar refractivity (Wildman–Crippen MR) is 85.0 cm³/mol. The van der Waals surface area contributed by atoms with Crippen molar-refractivity contribution < 1.29 is 0 Å². The first-order valence-corrected chi connectivity index (χ1v) is 8.27. The summed E-state index contributed by atoms with van der Waals surface area (Å²) in [6.07, 6.45) is 5.79. The standard InChI is InChI=1S/C17H25ClN2/c1-20(12-15-4-2-3-5-16(15)18)11-10-19-17(13-6-7-13)14-8-9-14/h2-5,13-14,17,19H,6-12H2,1H3. The summed E-state index contributed by atoms with van der Waals surface area (Å²) in [5.74, 6) is 1.97. The fourth-order valence-corrected chi connectivity index (χ4v) is 3.24. The Morgan fingerprint density at radius 2 is 1.85 bits per heavy atom. The molecule has 3 heteroatoms. The van der Waals surface area contributed by atoms with Gasteiger partial charge >= 0.3 is 0 Å². The van der Waals surface area contributed by atoms with E-state index < -0.39 is 0 Å². The van der Waals surface area contributed by atoms with Gasteiger partial charge in [0.25, 0.3) is 0 Å². The van der Waals surface area contributed by atoms with Gasteiger partial charge in [-0.2, -0.15) is 0 Å². The zero-order chi connectivity index (χ0) is 13.9. The molecule has 1 aromatic rings. The second-order valence-electron chi connectivity index (χ2n) is 6.48. The molecule has 0 spiro atoms. The van der Waals surface area contributed by atoms with Gasteiger partial charge in [0.2, 0.25) is 0 Å². The Morgan fingerprint density at radius 1 is 1.20 bits per heavy atom. The van der Waals surface area contributed by atoms with Gasteiger partial charge in [-0.3, -0.25) is 0 Å². The molecule has 0 aliphatic heterocycles. The van der Waals surface area contributed by atoms with Crippen molar-refractivity contribution in [3.8, 4) is 0 Å². The average Bonchev–Trinajstić information content (AvgIpc) is 3.30. The molecule has 2 saturated carbocycles. The van der Waals surface area contributed by atoms with Crippen molar-refractivity contribution in [2.24, 2.45) is 11.8 Å². The van der Waals surface area contributed by atoms with E-state index in [1.165, 1.54) is 31.2 Å². The van der Waals surface area contributed by atoms with Crippen molar-refractivity contribution in [1.29, 1.82) is 0 Å². The molecule has 0 bridgehead atoms. The van der Waals surface area contributed by atoms with Gasteiger partial charge in [0.05, 0.1) is 0 Å². The summed E-state index contributed by atoms with van der Waals surface area (Å²) in [6, 6.07) is 8.94. The first kappa shape index (κ1) is 14.4. The Kier molecular flexibility index (Phi) is 4.65. The van der Waals surface area contributed by atoms with Crippen LogP contribution in [0.3, 0.4) is 0 Å². The third-order valence-corrected chi connectivity index (χ3v) is 4.90. The van der Waals surface area contributed by atoms with Crippen LogP contribution in [-0.2, 0) is 6.54 Å². The lowest BCUT2D eigenvalue weighted by Gasteiger charge is -2.21. The van der Waals surface area contributed by atoms with Gasteiger partial charge in [0.1, 0.15) is 0 Å². The maximum absolute atomic E-state index is 6.21. The Morgan fingerprint density at radius 3 is 2.45 bits per heavy atom. The van der Waals surface area contributed by atoms with Crippen molar-refractivity contribution in [2.75, 3.05) is 20.1 Å². The maximum atomic E-state index is 6.21. The monoisotopic (exact) mass is 292 g/mol. The summed E-state index contributed by atoms with van der Waals surface area (Å²) in [6.45, 7) is 3.11. The van der Waals surface area contributed by atoms with E-state index in [-0.39, 0.29) is 0 Å². The molecule has 0 amide bonds. The molecule has 110 valence electrons. The number of rotatable bonds is 8. The fraction of sp³-hybridized carbons (Fsp3) is 0.647. The number of hydrogen-bond acceptors (Lipinski definition) is 2. The van der Waals surface area contributed by atoms with E-state index in [0.717, 1.165) is 42.5 Å². The maximum Gasteiger partial charge on any atom is 0.0451 e. The van der Waals surface area contributed by atoms with Gasteiger partial charge in [-0.25, -0.2) is 0 Å². The minimum absolute atomic E-state index is 0.809. The molecule has 0 saturated heterocycles. The molecule has 0 unspecified atom stereocenters. The smallest absolute Gasteiger partial charge is 0.0451 e. The minimum Gasteiger partial charge on any atom is -0.312 e. The lowest BCUT2D eigenvalue weighted by atomic mass is 10.1. The Bertz CT molecular complexity index is 428. The lowest BCUT2D eigenvalue weighted by molar-refractivity contribution is 0.305. The highest BCUT2D eigenvalue weighted by Gasteiger charge is 2.40. The highest BCUT2D eigenvalue weighted by Crippen LogP contribution is 2.44. The molecular weight excluding hydrogens is 268 g/mol. The van der Waals surface area contributed by atoms with Crippen molar-refractivity contribution in [1.82, 2.24) is 10.2 Å². The van der Waals surface area contributed by atoms with E-state index in [4.69, 9.17) is 11.6 Å². The number of benzene rings is 1. The molecule has 0 radical (unpaired) electrons. The fourth-order valence-electron chi connectivity index (χ4n) is 3.05. The van der Waals surface area contributed by atoms with E-state index in [0.29, 0.717) is 0 Å². The lowest BCUT2D eigenvalue weighted by Crippen LogP contribution is -2.38. The van der Waals surface area contributed by atoms with Crippen molar-refractivity contribution in [3.05, 3.63) is 34.9 Å². The second-order valence-corrected chi connectivity index (χ2v) is 6.89. The first-order chi connectivity index (χ1) is 9.74. The number of nitrogens with one attached hydrogen (secondary N) is 1. The van der Waals surface area contributed by atoms with E-state index in [1.54, 1.807) is 0 Å². The van der Waals surface area contributed by atoms with Crippen LogP contribution in [0.15, 0.2) is 24.3 Å². The minimum atomic E-state index is 0.809. The van der Waals surface area contributed by atoms with E-state index in [9.17, 15) is 0 Å². The number of halogens is 1. The van der Waals surface area contributed by atoms with Gasteiger partial charge < -0.3 is 10.2 Å². The topological polar surface area (TPSA) is 15.3 Å². The Hall–Kier alpha value is -0.570. The van der Waals surface area contributed by atoms with Crippen LogP contribution in [0.2, 0.25) is 5.02 Å². The number of nitrogens with zero attached hydrogens (tertiary/aromatic N) is 1. The SMILES string of the molecule is CN(CCNC(C1CC1)C1CC1)Cc1ccccc1Cl. The first-order valence-electron chi connectivity index (χ1n) is 7.89. The van der Waals surface area contributed by atoms with E-state index in [2.05, 4.69) is 29.4 Å². The Labute approximate surface area is 127 Å². The van der Waals surface area contributed by atoms with Crippen molar-refractivity contribution in [3.63, 3.8) is 0 Å². The van der Waals surface area contributed by atoms with Crippen LogP contribution in [0.5, 0.6) is 0 Å². The highest BCUT2D eigenvalue weighted by molar-refractivity contribution is 6.31. The molecule has 0 heterocycles. The molecule has 2 fully saturated rings. The van der Waals surface area contributed by atoms with Crippen LogP contribution in [0.1, 0.15) is 31.2 Å². The van der Waals surface area contributed by atoms with Crippen LogP contribution in [-0.4, -0.2) is 31.1 Å². The summed E-state index contributed by atoms with van der Waals surface area (Å²) >= 11 is 6.21. The van der Waals surface area contributed by atoms with E-state index in [1.807, 2.05) is 12.1 Å². The van der Waals surface area contributed by atoms with Gasteiger partial charge in [0, 0.05) is 30.7 Å². The summed E-state index contributed by atoms with van der Waals surface area (Å²) < 4.78 is 0. The molecule has 2 aliphatic rings. The third-order valence-electron chi connectivity index (χ3n) is 4.53. The number of hydrogen-bond donors (Lipinski definition) is 1. The van der Waals surface area contributed by atoms with Crippen LogP contribution in [0.4, 0.5) is 0 Å². The normalized spacial score (nSPS) is 19.0. The summed E-state index contributed by atoms with van der Waals surface area (Å²) in [7, 11) is 2.17. The third kappa shape index (κ3) is 3.97. The summed E-state index contributed by atoms with van der Waals surface area (Å²) in [4.78, 5) is 2.35. The quantitative estimate of drug-likeness (QED) is 0.788. The van der Waals surface area contributed by atoms with Gasteiger partial charge in [-0.1, -0.05) is 29.8 Å². The van der Waals surface area contributed by atoms with Crippen molar-refractivity contribution in [2.45, 2.75) is 38.3 Å². The Balaban J connectivity index is 1.40. The van der Waals surface area contributed by atoms with Gasteiger partial charge in [-0.15, -0.1) is 0 Å². The molecule has 2 aliphatic carbocycles. The van der Waals surface area contributed by atoms with Crippen LogP contribution < -0.4 is 5.32 Å². The number of likely N-dealkylation sites (N-methyl/N-ethyl adjacent to an activating group) is 1. The largest absolute Gasteiger partial charge is 0.312 e. The van der Waals surface area contributed by atoms with Crippen LogP contribution >= 0.6 is 11.6 Å². The molecule has 0 aromatic heterocycles. The van der Waals surface area contributed by atoms with Crippen LogP contribution in [0, 0.1) is 11.8 Å². The van der Waals surface area contributed by atoms with Crippen LogP contribution in [0.25, 0.3) is 0 Å². The van der Waals surface area contributed by atoms with Crippen molar-refractivity contribution >= 4 is 11.6 Å².